The Bertz CT molecular complexity index is 722. The molecule has 1 N–H and O–H groups in total. The van der Waals surface area contributed by atoms with Gasteiger partial charge in [0.2, 0.25) is 0 Å². The predicted octanol–water partition coefficient (Wildman–Crippen LogP) is 2.71. The lowest BCUT2D eigenvalue weighted by atomic mass is 10.3. The summed E-state index contributed by atoms with van der Waals surface area (Å²) < 4.78 is 45.1. The monoisotopic (exact) mass is 316 g/mol. The van der Waals surface area contributed by atoms with Gasteiger partial charge < -0.3 is 4.74 Å². The van der Waals surface area contributed by atoms with Crippen molar-refractivity contribution in [3.63, 3.8) is 0 Å². The number of rotatable bonds is 4. The Labute approximate surface area is 120 Å². The summed E-state index contributed by atoms with van der Waals surface area (Å²) in [6, 6.07) is 3.31. The second kappa shape index (κ2) is 5.37. The highest BCUT2D eigenvalue weighted by Gasteiger charge is 2.22. The highest BCUT2D eigenvalue weighted by atomic mass is 32.2. The number of sulfonamides is 1. The molecule has 0 unspecified atom stereocenters. The third-order valence-electron chi connectivity index (χ3n) is 2.67. The summed E-state index contributed by atoms with van der Waals surface area (Å²) in [5.74, 6) is -0.582. The number of ether oxygens (including phenoxy) is 1. The third kappa shape index (κ3) is 2.91. The summed E-state index contributed by atoms with van der Waals surface area (Å²) in [4.78, 5) is 4.74. The summed E-state index contributed by atoms with van der Waals surface area (Å²) in [5.41, 5.74) is 0.749. The Morgan fingerprint density at radius 1 is 1.35 bits per heavy atom. The molecule has 0 spiro atoms. The predicted molar refractivity (Wildman–Crippen MR) is 75.3 cm³/mol. The van der Waals surface area contributed by atoms with Crippen molar-refractivity contribution in [3.05, 3.63) is 34.6 Å². The van der Waals surface area contributed by atoms with Crippen molar-refractivity contribution in [2.24, 2.45) is 0 Å². The molecule has 0 amide bonds. The number of halogens is 1. The number of methoxy groups -OCH3 is 1. The summed E-state index contributed by atoms with van der Waals surface area (Å²) in [7, 11) is -2.63. The van der Waals surface area contributed by atoms with E-state index < -0.39 is 15.8 Å². The Morgan fingerprint density at radius 2 is 2.05 bits per heavy atom. The van der Waals surface area contributed by atoms with Crippen molar-refractivity contribution < 1.29 is 17.5 Å². The van der Waals surface area contributed by atoms with E-state index in [0.717, 1.165) is 22.7 Å². The van der Waals surface area contributed by atoms with Gasteiger partial charge in [0.15, 0.2) is 5.13 Å². The van der Waals surface area contributed by atoms with E-state index >= 15 is 0 Å². The highest BCUT2D eigenvalue weighted by molar-refractivity contribution is 7.93. The fourth-order valence-electron chi connectivity index (χ4n) is 1.55. The minimum absolute atomic E-state index is 0.0731. The largest absolute Gasteiger partial charge is 0.495 e. The van der Waals surface area contributed by atoms with Crippen molar-refractivity contribution in [3.8, 4) is 5.75 Å². The van der Waals surface area contributed by atoms with Crippen LogP contribution in [-0.2, 0) is 10.0 Å². The molecule has 0 fully saturated rings. The first-order chi connectivity index (χ1) is 9.33. The van der Waals surface area contributed by atoms with Gasteiger partial charge >= 0.3 is 0 Å². The zero-order chi connectivity index (χ0) is 14.9. The molecule has 0 saturated carbocycles. The van der Waals surface area contributed by atoms with Gasteiger partial charge in [-0.05, 0) is 32.0 Å². The van der Waals surface area contributed by atoms with Gasteiger partial charge in [-0.25, -0.2) is 17.8 Å². The normalized spacial score (nSPS) is 11.4. The van der Waals surface area contributed by atoms with Crippen LogP contribution < -0.4 is 9.46 Å². The van der Waals surface area contributed by atoms with E-state index in [4.69, 9.17) is 4.74 Å². The number of nitrogens with zero attached hydrogens (tertiary/aromatic N) is 1. The summed E-state index contributed by atoms with van der Waals surface area (Å²) in [6.45, 7) is 3.62. The molecule has 0 radical (unpaired) electrons. The minimum atomic E-state index is -3.95. The van der Waals surface area contributed by atoms with E-state index in [0.29, 0.717) is 0 Å². The number of aromatic nitrogens is 1. The molecule has 2 aromatic rings. The average molecular weight is 316 g/mol. The molecule has 0 aliphatic heterocycles. The van der Waals surface area contributed by atoms with Gasteiger partial charge in [-0.3, -0.25) is 4.72 Å². The second-order valence-corrected chi connectivity index (χ2v) is 6.92. The number of nitrogens with one attached hydrogen (secondary N) is 1. The standard InChI is InChI=1S/C12H13FN2O3S2/c1-7-8(2)19-12(14-7)15-20(16,17)11-6-9(13)4-5-10(11)18-3/h4-6H,1-3H3,(H,14,15). The molecule has 2 rings (SSSR count). The van der Waals surface area contributed by atoms with Crippen molar-refractivity contribution in [2.45, 2.75) is 18.7 Å². The Kier molecular flexibility index (Phi) is 3.96. The van der Waals surface area contributed by atoms with Gasteiger partial charge in [-0.15, -0.1) is 11.3 Å². The molecular formula is C12H13FN2O3S2. The first kappa shape index (κ1) is 14.7. The van der Waals surface area contributed by atoms with Gasteiger partial charge in [-0.2, -0.15) is 0 Å². The van der Waals surface area contributed by atoms with Crippen molar-refractivity contribution in [1.82, 2.24) is 4.98 Å². The molecule has 20 heavy (non-hydrogen) atoms. The van der Waals surface area contributed by atoms with Gasteiger partial charge in [0.1, 0.15) is 16.5 Å². The van der Waals surface area contributed by atoms with Crippen LogP contribution in [0.4, 0.5) is 9.52 Å². The van der Waals surface area contributed by atoms with Crippen LogP contribution in [0.15, 0.2) is 23.1 Å². The smallest absolute Gasteiger partial charge is 0.267 e. The number of thiazole rings is 1. The van der Waals surface area contributed by atoms with Crippen molar-refractivity contribution in [1.29, 1.82) is 0 Å². The molecule has 1 aromatic carbocycles. The van der Waals surface area contributed by atoms with Gasteiger partial charge in [0.25, 0.3) is 10.0 Å². The number of hydrogen-bond donors (Lipinski definition) is 1. The lowest BCUT2D eigenvalue weighted by Gasteiger charge is -2.09. The first-order valence-electron chi connectivity index (χ1n) is 5.64. The van der Waals surface area contributed by atoms with Crippen LogP contribution in [0.5, 0.6) is 5.75 Å². The number of anilines is 1. The zero-order valence-corrected chi connectivity index (χ0v) is 12.7. The first-order valence-corrected chi connectivity index (χ1v) is 7.94. The lowest BCUT2D eigenvalue weighted by Crippen LogP contribution is -2.14. The molecule has 1 heterocycles. The Balaban J connectivity index is 2.42. The van der Waals surface area contributed by atoms with Gasteiger partial charge in [-0.1, -0.05) is 0 Å². The van der Waals surface area contributed by atoms with E-state index in [2.05, 4.69) is 9.71 Å². The average Bonchev–Trinajstić information content (AvgIpc) is 2.67. The third-order valence-corrected chi connectivity index (χ3v) is 5.14. The molecule has 0 aliphatic rings. The van der Waals surface area contributed by atoms with E-state index in [1.807, 2.05) is 6.92 Å². The topological polar surface area (TPSA) is 68.3 Å². The van der Waals surface area contributed by atoms with E-state index in [9.17, 15) is 12.8 Å². The Morgan fingerprint density at radius 3 is 2.60 bits per heavy atom. The van der Waals surface area contributed by atoms with Crippen LogP contribution in [-0.4, -0.2) is 20.5 Å². The molecule has 108 valence electrons. The van der Waals surface area contributed by atoms with E-state index in [1.165, 1.54) is 24.5 Å². The number of aryl methyl sites for hydroxylation is 2. The van der Waals surface area contributed by atoms with Crippen LogP contribution in [0.1, 0.15) is 10.6 Å². The van der Waals surface area contributed by atoms with E-state index in [1.54, 1.807) is 6.92 Å². The molecule has 0 atom stereocenters. The molecule has 8 heteroatoms. The fraction of sp³-hybridized carbons (Fsp3) is 0.250. The summed E-state index contributed by atoms with van der Waals surface area (Å²) in [5, 5.41) is 0.242. The highest BCUT2D eigenvalue weighted by Crippen LogP contribution is 2.28. The molecule has 5 nitrogen and oxygen atoms in total. The summed E-state index contributed by atoms with van der Waals surface area (Å²) >= 11 is 1.22. The van der Waals surface area contributed by atoms with Crippen LogP contribution in [0, 0.1) is 19.7 Å². The Hall–Kier alpha value is -1.67. The van der Waals surface area contributed by atoms with Crippen LogP contribution >= 0.6 is 11.3 Å². The van der Waals surface area contributed by atoms with Crippen LogP contribution in [0.2, 0.25) is 0 Å². The molecular weight excluding hydrogens is 303 g/mol. The maximum absolute atomic E-state index is 13.3. The maximum atomic E-state index is 13.3. The van der Waals surface area contributed by atoms with Crippen molar-refractivity contribution in [2.75, 3.05) is 11.8 Å². The minimum Gasteiger partial charge on any atom is -0.495 e. The molecule has 1 aromatic heterocycles. The fourth-order valence-corrected chi connectivity index (χ4v) is 3.78. The van der Waals surface area contributed by atoms with Gasteiger partial charge in [0, 0.05) is 4.88 Å². The molecule has 0 saturated heterocycles. The van der Waals surface area contributed by atoms with Crippen LogP contribution in [0.3, 0.4) is 0 Å². The molecule has 0 aliphatic carbocycles. The van der Waals surface area contributed by atoms with E-state index in [-0.39, 0.29) is 15.8 Å². The quantitative estimate of drug-likeness (QED) is 0.941. The number of hydrogen-bond acceptors (Lipinski definition) is 5. The van der Waals surface area contributed by atoms with Gasteiger partial charge in [0.05, 0.1) is 12.8 Å². The molecule has 0 bridgehead atoms. The SMILES string of the molecule is COc1ccc(F)cc1S(=O)(=O)Nc1nc(C)c(C)s1. The zero-order valence-electron chi connectivity index (χ0n) is 11.1. The number of benzene rings is 1. The summed E-state index contributed by atoms with van der Waals surface area (Å²) in [6.07, 6.45) is 0. The maximum Gasteiger partial charge on any atom is 0.267 e. The van der Waals surface area contributed by atoms with Crippen molar-refractivity contribution >= 4 is 26.5 Å². The second-order valence-electron chi connectivity index (χ2n) is 4.06. The lowest BCUT2D eigenvalue weighted by molar-refractivity contribution is 0.401. The van der Waals surface area contributed by atoms with Crippen LogP contribution in [0.25, 0.3) is 0 Å².